The van der Waals surface area contributed by atoms with E-state index in [4.69, 9.17) is 4.98 Å². The van der Waals surface area contributed by atoms with E-state index in [1.165, 1.54) is 11.3 Å². The highest BCUT2D eigenvalue weighted by molar-refractivity contribution is 7.18. The summed E-state index contributed by atoms with van der Waals surface area (Å²) in [6, 6.07) is 27.4. The molecule has 112 valence electrons. The van der Waals surface area contributed by atoms with Gasteiger partial charge in [0.2, 0.25) is 0 Å². The SMILES string of the molecule is OC(c1ccccc1)(c1ccccc1)c1nc2ccccc2s1. The molecule has 0 amide bonds. The molecular weight excluding hydrogens is 302 g/mol. The van der Waals surface area contributed by atoms with Crippen molar-refractivity contribution in [2.24, 2.45) is 0 Å². The number of thiazole rings is 1. The normalized spacial score (nSPS) is 11.7. The molecule has 1 N–H and O–H groups in total. The summed E-state index contributed by atoms with van der Waals surface area (Å²) in [5, 5.41) is 12.4. The lowest BCUT2D eigenvalue weighted by Crippen LogP contribution is -2.28. The fraction of sp³-hybridized carbons (Fsp3) is 0.0500. The quantitative estimate of drug-likeness (QED) is 0.600. The van der Waals surface area contributed by atoms with Crippen LogP contribution in [0.1, 0.15) is 16.1 Å². The van der Waals surface area contributed by atoms with Gasteiger partial charge in [-0.15, -0.1) is 11.3 Å². The fourth-order valence-electron chi connectivity index (χ4n) is 2.80. The van der Waals surface area contributed by atoms with Crippen LogP contribution in [0.5, 0.6) is 0 Å². The third-order valence-electron chi connectivity index (χ3n) is 3.99. The largest absolute Gasteiger partial charge is 0.374 e. The second-order valence-electron chi connectivity index (χ2n) is 5.43. The predicted molar refractivity (Wildman–Crippen MR) is 94.6 cm³/mol. The number of para-hydroxylation sites is 1. The number of hydrogen-bond donors (Lipinski definition) is 1. The van der Waals surface area contributed by atoms with Crippen LogP contribution >= 0.6 is 11.3 Å². The first-order valence-electron chi connectivity index (χ1n) is 7.48. The molecule has 2 nitrogen and oxygen atoms in total. The van der Waals surface area contributed by atoms with Crippen LogP contribution in [0, 0.1) is 0 Å². The Morgan fingerprint density at radius 1 is 0.696 bits per heavy atom. The van der Waals surface area contributed by atoms with Gasteiger partial charge in [0.1, 0.15) is 5.01 Å². The first kappa shape index (κ1) is 14.1. The summed E-state index contributed by atoms with van der Waals surface area (Å²) in [7, 11) is 0. The van der Waals surface area contributed by atoms with Crippen LogP contribution in [0.15, 0.2) is 84.9 Å². The van der Waals surface area contributed by atoms with Crippen molar-refractivity contribution in [3.05, 3.63) is 101 Å². The van der Waals surface area contributed by atoms with E-state index in [1.54, 1.807) is 0 Å². The van der Waals surface area contributed by atoms with E-state index >= 15 is 0 Å². The first-order valence-corrected chi connectivity index (χ1v) is 8.29. The molecule has 23 heavy (non-hydrogen) atoms. The van der Waals surface area contributed by atoms with E-state index in [0.29, 0.717) is 5.01 Å². The molecule has 0 aliphatic carbocycles. The smallest absolute Gasteiger partial charge is 0.166 e. The number of aromatic nitrogens is 1. The van der Waals surface area contributed by atoms with Crippen LogP contribution < -0.4 is 0 Å². The third kappa shape index (κ3) is 2.34. The maximum Gasteiger partial charge on any atom is 0.166 e. The molecule has 1 heterocycles. The Hall–Kier alpha value is -2.49. The second-order valence-corrected chi connectivity index (χ2v) is 6.46. The second kappa shape index (κ2) is 5.61. The molecule has 0 saturated carbocycles. The van der Waals surface area contributed by atoms with Crippen molar-refractivity contribution >= 4 is 21.6 Å². The van der Waals surface area contributed by atoms with Crippen LogP contribution in [0.2, 0.25) is 0 Å². The van der Waals surface area contributed by atoms with E-state index in [2.05, 4.69) is 0 Å². The first-order chi connectivity index (χ1) is 11.3. The highest BCUT2D eigenvalue weighted by Gasteiger charge is 2.36. The fourth-order valence-corrected chi connectivity index (χ4v) is 3.90. The summed E-state index contributed by atoms with van der Waals surface area (Å²) < 4.78 is 1.08. The Morgan fingerprint density at radius 2 is 1.22 bits per heavy atom. The summed E-state index contributed by atoms with van der Waals surface area (Å²) in [4.78, 5) is 4.71. The lowest BCUT2D eigenvalue weighted by molar-refractivity contribution is 0.125. The van der Waals surface area contributed by atoms with Crippen molar-refractivity contribution in [3.63, 3.8) is 0 Å². The molecule has 1 aromatic heterocycles. The Bertz CT molecular complexity index is 859. The van der Waals surface area contributed by atoms with Gasteiger partial charge in [-0.3, -0.25) is 0 Å². The molecule has 0 fully saturated rings. The van der Waals surface area contributed by atoms with Crippen LogP contribution in [0.25, 0.3) is 10.2 Å². The molecule has 0 aliphatic heterocycles. The van der Waals surface area contributed by atoms with Gasteiger partial charge in [0.25, 0.3) is 0 Å². The standard InChI is InChI=1S/C20H15NOS/c22-20(15-9-3-1-4-10-15,16-11-5-2-6-12-16)19-21-17-13-7-8-14-18(17)23-19/h1-14,22H. The van der Waals surface area contributed by atoms with Gasteiger partial charge in [-0.05, 0) is 23.3 Å². The van der Waals surface area contributed by atoms with E-state index < -0.39 is 5.60 Å². The molecule has 4 rings (SSSR count). The highest BCUT2D eigenvalue weighted by atomic mass is 32.1. The summed E-state index contributed by atoms with van der Waals surface area (Å²) in [6.07, 6.45) is 0. The van der Waals surface area contributed by atoms with E-state index in [1.807, 2.05) is 84.9 Å². The molecule has 3 aromatic carbocycles. The summed E-state index contributed by atoms with van der Waals surface area (Å²) in [5.41, 5.74) is 1.32. The highest BCUT2D eigenvalue weighted by Crippen LogP contribution is 2.40. The molecule has 0 atom stereocenters. The number of aliphatic hydroxyl groups is 1. The number of fused-ring (bicyclic) bond motifs is 1. The average Bonchev–Trinajstić information content (AvgIpc) is 3.07. The van der Waals surface area contributed by atoms with Crippen molar-refractivity contribution in [2.75, 3.05) is 0 Å². The van der Waals surface area contributed by atoms with Crippen molar-refractivity contribution in [2.45, 2.75) is 5.60 Å². The van der Waals surface area contributed by atoms with Gasteiger partial charge in [-0.2, -0.15) is 0 Å². The Labute approximate surface area is 138 Å². The van der Waals surface area contributed by atoms with Gasteiger partial charge in [-0.1, -0.05) is 72.8 Å². The maximum absolute atomic E-state index is 11.7. The van der Waals surface area contributed by atoms with Crippen molar-refractivity contribution in [3.8, 4) is 0 Å². The van der Waals surface area contributed by atoms with Crippen molar-refractivity contribution < 1.29 is 5.11 Å². The lowest BCUT2D eigenvalue weighted by Gasteiger charge is -2.27. The minimum Gasteiger partial charge on any atom is -0.374 e. The Kier molecular flexibility index (Phi) is 3.45. The van der Waals surface area contributed by atoms with Crippen LogP contribution in [-0.2, 0) is 5.60 Å². The van der Waals surface area contributed by atoms with Crippen LogP contribution in [0.4, 0.5) is 0 Å². The lowest BCUT2D eigenvalue weighted by atomic mass is 9.87. The number of benzene rings is 3. The molecule has 0 aliphatic rings. The zero-order valence-corrected chi connectivity index (χ0v) is 13.2. The van der Waals surface area contributed by atoms with Crippen molar-refractivity contribution in [1.82, 2.24) is 4.98 Å². The van der Waals surface area contributed by atoms with Crippen LogP contribution in [-0.4, -0.2) is 10.1 Å². The Morgan fingerprint density at radius 3 is 1.78 bits per heavy atom. The predicted octanol–water partition coefficient (Wildman–Crippen LogP) is 4.58. The Balaban J connectivity index is 1.99. The monoisotopic (exact) mass is 317 g/mol. The van der Waals surface area contributed by atoms with E-state index in [0.717, 1.165) is 21.3 Å². The minimum absolute atomic E-state index is 0.691. The number of hydrogen-bond acceptors (Lipinski definition) is 3. The van der Waals surface area contributed by atoms with E-state index in [9.17, 15) is 5.11 Å². The zero-order valence-electron chi connectivity index (χ0n) is 12.4. The number of nitrogens with zero attached hydrogens (tertiary/aromatic N) is 1. The van der Waals surface area contributed by atoms with E-state index in [-0.39, 0.29) is 0 Å². The third-order valence-corrected chi connectivity index (χ3v) is 5.13. The summed E-state index contributed by atoms with van der Waals surface area (Å²) in [6.45, 7) is 0. The summed E-state index contributed by atoms with van der Waals surface area (Å²) in [5.74, 6) is 0. The molecule has 0 bridgehead atoms. The molecule has 0 unspecified atom stereocenters. The van der Waals surface area contributed by atoms with Gasteiger partial charge in [0, 0.05) is 0 Å². The number of rotatable bonds is 3. The maximum atomic E-state index is 11.7. The topological polar surface area (TPSA) is 33.1 Å². The van der Waals surface area contributed by atoms with Gasteiger partial charge >= 0.3 is 0 Å². The molecule has 0 radical (unpaired) electrons. The minimum atomic E-state index is -1.24. The van der Waals surface area contributed by atoms with Gasteiger partial charge in [-0.25, -0.2) is 4.98 Å². The zero-order chi connectivity index (χ0) is 15.7. The van der Waals surface area contributed by atoms with Crippen molar-refractivity contribution in [1.29, 1.82) is 0 Å². The molecule has 4 aromatic rings. The molecule has 0 saturated heterocycles. The molecule has 0 spiro atoms. The molecular formula is C20H15NOS. The summed E-state index contributed by atoms with van der Waals surface area (Å²) >= 11 is 1.53. The van der Waals surface area contributed by atoms with Gasteiger partial charge < -0.3 is 5.11 Å². The average molecular weight is 317 g/mol. The van der Waals surface area contributed by atoms with Gasteiger partial charge in [0.15, 0.2) is 5.60 Å². The van der Waals surface area contributed by atoms with Gasteiger partial charge in [0.05, 0.1) is 10.2 Å². The van der Waals surface area contributed by atoms with Crippen LogP contribution in [0.3, 0.4) is 0 Å². The molecule has 3 heteroatoms.